The van der Waals surface area contributed by atoms with E-state index in [0.717, 1.165) is 44.3 Å². The van der Waals surface area contributed by atoms with Gasteiger partial charge in [0.15, 0.2) is 0 Å². The Balaban J connectivity index is 1.19. The normalized spacial score (nSPS) is 17.2. The number of carbonyl (C=O) groups is 1. The van der Waals surface area contributed by atoms with Crippen LogP contribution in [0.5, 0.6) is 0 Å². The van der Waals surface area contributed by atoms with Crippen molar-refractivity contribution in [1.82, 2.24) is 14.9 Å². The summed E-state index contributed by atoms with van der Waals surface area (Å²) >= 11 is 1.78. The second-order valence-electron chi connectivity index (χ2n) is 7.91. The molecule has 0 spiro atoms. The Hall–Kier alpha value is -2.66. The predicted molar refractivity (Wildman–Crippen MR) is 119 cm³/mol. The lowest BCUT2D eigenvalue weighted by atomic mass is 9.98. The number of benzene rings is 2. The third kappa shape index (κ3) is 3.79. The van der Waals surface area contributed by atoms with Crippen molar-refractivity contribution < 1.29 is 4.79 Å². The monoisotopic (exact) mass is 403 g/mol. The van der Waals surface area contributed by atoms with Crippen LogP contribution in [-0.2, 0) is 11.2 Å². The van der Waals surface area contributed by atoms with Gasteiger partial charge in [0.25, 0.3) is 0 Å². The Morgan fingerprint density at radius 3 is 2.97 bits per heavy atom. The summed E-state index contributed by atoms with van der Waals surface area (Å²) in [6, 6.07) is 16.7. The van der Waals surface area contributed by atoms with Crippen LogP contribution in [0.25, 0.3) is 21.1 Å². The molecule has 2 aromatic carbocycles. The lowest BCUT2D eigenvalue weighted by Gasteiger charge is -2.32. The molecule has 0 saturated carbocycles. The highest BCUT2D eigenvalue weighted by Gasteiger charge is 2.26. The van der Waals surface area contributed by atoms with Crippen molar-refractivity contribution in [1.29, 1.82) is 0 Å². The maximum absolute atomic E-state index is 12.8. The van der Waals surface area contributed by atoms with E-state index in [1.165, 1.54) is 26.2 Å². The molecule has 29 heavy (non-hydrogen) atoms. The predicted octanol–water partition coefficient (Wildman–Crippen LogP) is 5.51. The van der Waals surface area contributed by atoms with Gasteiger partial charge in [-0.3, -0.25) is 4.79 Å². The van der Waals surface area contributed by atoms with Gasteiger partial charge < -0.3 is 9.88 Å². The van der Waals surface area contributed by atoms with Gasteiger partial charge in [0, 0.05) is 42.5 Å². The fourth-order valence-corrected chi connectivity index (χ4v) is 5.49. The summed E-state index contributed by atoms with van der Waals surface area (Å²) in [7, 11) is 0. The van der Waals surface area contributed by atoms with E-state index in [9.17, 15) is 4.79 Å². The number of amides is 1. The molecule has 2 aromatic heterocycles. The minimum atomic E-state index is 0.288. The summed E-state index contributed by atoms with van der Waals surface area (Å²) in [5.74, 6) is 0.661. The largest absolute Gasteiger partial charge is 0.361 e. The molecule has 148 valence electrons. The van der Waals surface area contributed by atoms with Crippen molar-refractivity contribution in [3.63, 3.8) is 0 Å². The summed E-state index contributed by atoms with van der Waals surface area (Å²) in [5, 5.41) is 2.45. The first-order valence-electron chi connectivity index (χ1n) is 10.5. The van der Waals surface area contributed by atoms with Crippen LogP contribution in [0, 0.1) is 0 Å². The van der Waals surface area contributed by atoms with Crippen LogP contribution in [-0.4, -0.2) is 33.9 Å². The Bertz CT molecular complexity index is 1110. The number of aryl methyl sites for hydroxylation is 1. The first-order valence-corrected chi connectivity index (χ1v) is 11.3. The highest BCUT2D eigenvalue weighted by molar-refractivity contribution is 7.18. The van der Waals surface area contributed by atoms with Gasteiger partial charge in [-0.05, 0) is 49.4 Å². The number of rotatable bonds is 5. The van der Waals surface area contributed by atoms with Gasteiger partial charge in [-0.2, -0.15) is 0 Å². The molecule has 1 saturated heterocycles. The van der Waals surface area contributed by atoms with E-state index >= 15 is 0 Å². The number of aromatic amines is 1. The van der Waals surface area contributed by atoms with Gasteiger partial charge >= 0.3 is 0 Å². The quantitative estimate of drug-likeness (QED) is 0.478. The summed E-state index contributed by atoms with van der Waals surface area (Å²) < 4.78 is 1.24. The zero-order chi connectivity index (χ0) is 19.6. The van der Waals surface area contributed by atoms with Crippen LogP contribution < -0.4 is 0 Å². The van der Waals surface area contributed by atoms with E-state index in [2.05, 4.69) is 52.5 Å². The lowest BCUT2D eigenvalue weighted by Crippen LogP contribution is -2.39. The highest BCUT2D eigenvalue weighted by Crippen LogP contribution is 2.33. The minimum Gasteiger partial charge on any atom is -0.361 e. The number of nitrogens with one attached hydrogen (secondary N) is 1. The molecule has 1 fully saturated rings. The standard InChI is InChI=1S/C24H25N3OS/c28-23(13-5-7-17-15-25-20-10-2-1-9-19(17)20)27-14-6-8-18(16-27)24-26-21-11-3-4-12-22(21)29-24/h1-4,9-12,15,18,25H,5-8,13-14,16H2. The van der Waals surface area contributed by atoms with Crippen molar-refractivity contribution in [2.45, 2.75) is 38.0 Å². The number of hydrogen-bond donors (Lipinski definition) is 1. The Labute approximate surface area is 174 Å². The van der Waals surface area contributed by atoms with Gasteiger partial charge in [-0.25, -0.2) is 4.98 Å². The van der Waals surface area contributed by atoms with Gasteiger partial charge in [0.1, 0.15) is 0 Å². The molecule has 5 heteroatoms. The zero-order valence-electron chi connectivity index (χ0n) is 16.4. The third-order valence-corrected chi connectivity index (χ3v) is 7.14. The topological polar surface area (TPSA) is 49.0 Å². The van der Waals surface area contributed by atoms with Gasteiger partial charge in [0.05, 0.1) is 15.2 Å². The molecule has 0 radical (unpaired) electrons. The van der Waals surface area contributed by atoms with E-state index in [-0.39, 0.29) is 5.91 Å². The van der Waals surface area contributed by atoms with Crippen LogP contribution in [0.4, 0.5) is 0 Å². The van der Waals surface area contributed by atoms with E-state index in [1.807, 2.05) is 12.1 Å². The SMILES string of the molecule is O=C(CCCc1c[nH]c2ccccc12)N1CCCC(c2nc3ccccc3s2)C1. The van der Waals surface area contributed by atoms with E-state index in [1.54, 1.807) is 11.3 Å². The number of carbonyl (C=O) groups excluding carboxylic acids is 1. The first kappa shape index (κ1) is 18.4. The van der Waals surface area contributed by atoms with Crippen LogP contribution >= 0.6 is 11.3 Å². The average molecular weight is 404 g/mol. The molecule has 5 rings (SSSR count). The molecule has 1 unspecified atom stereocenters. The lowest BCUT2D eigenvalue weighted by molar-refractivity contribution is -0.132. The first-order chi connectivity index (χ1) is 14.3. The Kier molecular flexibility index (Phi) is 5.06. The van der Waals surface area contributed by atoms with E-state index in [0.29, 0.717) is 12.3 Å². The van der Waals surface area contributed by atoms with Gasteiger partial charge in [-0.15, -0.1) is 11.3 Å². The highest BCUT2D eigenvalue weighted by atomic mass is 32.1. The molecule has 4 nitrogen and oxygen atoms in total. The van der Waals surface area contributed by atoms with Crippen molar-refractivity contribution in [2.24, 2.45) is 0 Å². The number of thiazole rings is 1. The molecule has 0 bridgehead atoms. The number of nitrogens with zero attached hydrogens (tertiary/aromatic N) is 2. The molecule has 0 aliphatic carbocycles. The number of aromatic nitrogens is 2. The Morgan fingerprint density at radius 2 is 2.03 bits per heavy atom. The number of fused-ring (bicyclic) bond motifs is 2. The second-order valence-corrected chi connectivity index (χ2v) is 8.97. The van der Waals surface area contributed by atoms with Crippen LogP contribution in [0.1, 0.15) is 42.2 Å². The summed E-state index contributed by atoms with van der Waals surface area (Å²) in [6.07, 6.45) is 6.72. The van der Waals surface area contributed by atoms with E-state index < -0.39 is 0 Å². The summed E-state index contributed by atoms with van der Waals surface area (Å²) in [5.41, 5.74) is 3.55. The number of likely N-dealkylation sites (tertiary alicyclic amines) is 1. The molecule has 1 atom stereocenters. The molecular weight excluding hydrogens is 378 g/mol. The molecule has 1 aliphatic heterocycles. The summed E-state index contributed by atoms with van der Waals surface area (Å²) in [4.78, 5) is 23.1. The molecule has 1 N–H and O–H groups in total. The average Bonchev–Trinajstić information content (AvgIpc) is 3.38. The zero-order valence-corrected chi connectivity index (χ0v) is 17.3. The Morgan fingerprint density at radius 1 is 1.17 bits per heavy atom. The number of para-hydroxylation sites is 2. The molecule has 1 aliphatic rings. The van der Waals surface area contributed by atoms with Gasteiger partial charge in [0.2, 0.25) is 5.91 Å². The smallest absolute Gasteiger partial charge is 0.222 e. The number of piperidine rings is 1. The van der Waals surface area contributed by atoms with Crippen LogP contribution in [0.3, 0.4) is 0 Å². The van der Waals surface area contributed by atoms with Crippen molar-refractivity contribution in [3.8, 4) is 0 Å². The molecule has 1 amide bonds. The maximum Gasteiger partial charge on any atom is 0.222 e. The van der Waals surface area contributed by atoms with Crippen LogP contribution in [0.2, 0.25) is 0 Å². The second kappa shape index (κ2) is 7.99. The molecule has 4 aromatic rings. The van der Waals surface area contributed by atoms with E-state index in [4.69, 9.17) is 4.98 Å². The van der Waals surface area contributed by atoms with Crippen molar-refractivity contribution in [2.75, 3.05) is 13.1 Å². The van der Waals surface area contributed by atoms with Crippen molar-refractivity contribution in [3.05, 3.63) is 65.3 Å². The fraction of sp³-hybridized carbons (Fsp3) is 0.333. The third-order valence-electron chi connectivity index (χ3n) is 5.95. The maximum atomic E-state index is 12.8. The minimum absolute atomic E-state index is 0.288. The van der Waals surface area contributed by atoms with Crippen LogP contribution in [0.15, 0.2) is 54.7 Å². The molecular formula is C24H25N3OS. The summed E-state index contributed by atoms with van der Waals surface area (Å²) in [6.45, 7) is 1.69. The van der Waals surface area contributed by atoms with Crippen molar-refractivity contribution >= 4 is 38.4 Å². The number of hydrogen-bond acceptors (Lipinski definition) is 3. The number of H-pyrrole nitrogens is 1. The fourth-order valence-electron chi connectivity index (χ4n) is 4.40. The molecule has 3 heterocycles. The van der Waals surface area contributed by atoms with Gasteiger partial charge in [-0.1, -0.05) is 30.3 Å².